The highest BCUT2D eigenvalue weighted by Gasteiger charge is 2.31. The van der Waals surface area contributed by atoms with Crippen LogP contribution in [0.25, 0.3) is 0 Å². The quantitative estimate of drug-likeness (QED) is 0.574. The van der Waals surface area contributed by atoms with Crippen molar-refractivity contribution in [2.75, 3.05) is 44.7 Å². The number of fused-ring (bicyclic) bond motifs is 2. The van der Waals surface area contributed by atoms with Gasteiger partial charge >= 0.3 is 0 Å². The number of likely N-dealkylation sites (tertiary alicyclic amines) is 1. The van der Waals surface area contributed by atoms with Gasteiger partial charge in [-0.15, -0.1) is 0 Å². The van der Waals surface area contributed by atoms with Crippen LogP contribution in [0.3, 0.4) is 0 Å². The van der Waals surface area contributed by atoms with Crippen LogP contribution in [0.5, 0.6) is 11.5 Å². The molecule has 3 aliphatic heterocycles. The molecular weight excluding hydrogens is 462 g/mol. The predicted octanol–water partition coefficient (Wildman–Crippen LogP) is 5.00. The fourth-order valence-electron chi connectivity index (χ4n) is 6.43. The Morgan fingerprint density at radius 1 is 1.14 bits per heavy atom. The third kappa shape index (κ3) is 5.90. The molecule has 3 aliphatic rings. The lowest BCUT2D eigenvalue weighted by atomic mass is 9.94. The molecule has 0 spiro atoms. The molecule has 0 unspecified atom stereocenters. The zero-order valence-corrected chi connectivity index (χ0v) is 22.8. The standard InChI is InChI=1S/C31H43N3O3/c1-22(2)18-34(19-23-16-25-8-4-5-15-37-30(25)28(35)17-23)31(36)27-11-7-13-33(21-27)20-26-10-6-9-24-12-14-32(3)29(24)26/h6,9-10,16-17,22,27,35H,4-5,7-8,11-15,18-21H2,1-3H3/t27-/m1/s1. The van der Waals surface area contributed by atoms with E-state index in [4.69, 9.17) is 4.74 Å². The van der Waals surface area contributed by atoms with Crippen LogP contribution >= 0.6 is 0 Å². The van der Waals surface area contributed by atoms with E-state index < -0.39 is 0 Å². The Morgan fingerprint density at radius 2 is 2.00 bits per heavy atom. The molecular formula is C31H43N3O3. The number of aryl methyl sites for hydroxylation is 1. The van der Waals surface area contributed by atoms with Gasteiger partial charge in [-0.25, -0.2) is 0 Å². The fraction of sp³-hybridized carbons (Fsp3) is 0.581. The number of carbonyl (C=O) groups excluding carboxylic acids is 1. The second-order valence-corrected chi connectivity index (χ2v) is 11.7. The summed E-state index contributed by atoms with van der Waals surface area (Å²) in [6.45, 7) is 10.1. The van der Waals surface area contributed by atoms with Crippen LogP contribution in [0.15, 0.2) is 30.3 Å². The summed E-state index contributed by atoms with van der Waals surface area (Å²) < 4.78 is 5.80. The number of anilines is 1. The lowest BCUT2D eigenvalue weighted by Gasteiger charge is -2.36. The second-order valence-electron chi connectivity index (χ2n) is 11.7. The number of aromatic hydroxyl groups is 1. The number of hydrogen-bond donors (Lipinski definition) is 1. The van der Waals surface area contributed by atoms with Crippen molar-refractivity contribution >= 4 is 11.6 Å². The molecule has 6 nitrogen and oxygen atoms in total. The SMILES string of the molecule is CC(C)CN(Cc1cc(O)c2c(c1)CCCCO2)C(=O)[C@@H]1CCCN(Cc2cccc3c2N(C)CC3)C1. The van der Waals surface area contributed by atoms with E-state index in [0.717, 1.165) is 82.4 Å². The first-order chi connectivity index (χ1) is 17.9. The first-order valence-corrected chi connectivity index (χ1v) is 14.2. The topological polar surface area (TPSA) is 56.3 Å². The predicted molar refractivity (Wildman–Crippen MR) is 148 cm³/mol. The molecule has 0 aromatic heterocycles. The summed E-state index contributed by atoms with van der Waals surface area (Å²) in [5, 5.41) is 10.7. The summed E-state index contributed by atoms with van der Waals surface area (Å²) in [6, 6.07) is 10.6. The Morgan fingerprint density at radius 3 is 2.84 bits per heavy atom. The van der Waals surface area contributed by atoms with E-state index in [1.165, 1.54) is 16.8 Å². The Labute approximate surface area is 222 Å². The van der Waals surface area contributed by atoms with Crippen molar-refractivity contribution in [1.29, 1.82) is 0 Å². The summed E-state index contributed by atoms with van der Waals surface area (Å²) in [4.78, 5) is 20.8. The zero-order valence-electron chi connectivity index (χ0n) is 22.8. The Balaban J connectivity index is 1.30. The molecule has 2 aromatic rings. The first-order valence-electron chi connectivity index (χ1n) is 14.2. The number of nitrogens with zero attached hydrogens (tertiary/aromatic N) is 3. The third-order valence-corrected chi connectivity index (χ3v) is 8.11. The minimum Gasteiger partial charge on any atom is -0.504 e. The molecule has 5 rings (SSSR count). The van der Waals surface area contributed by atoms with Gasteiger partial charge in [-0.3, -0.25) is 9.69 Å². The van der Waals surface area contributed by atoms with Gasteiger partial charge in [-0.1, -0.05) is 38.1 Å². The fourth-order valence-corrected chi connectivity index (χ4v) is 6.43. The van der Waals surface area contributed by atoms with Crippen molar-refractivity contribution in [3.8, 4) is 11.5 Å². The number of rotatable bonds is 7. The van der Waals surface area contributed by atoms with E-state index in [-0.39, 0.29) is 17.6 Å². The molecule has 1 fully saturated rings. The molecule has 1 amide bonds. The minimum atomic E-state index is 0.0137. The van der Waals surface area contributed by atoms with Gasteiger partial charge in [-0.2, -0.15) is 0 Å². The van der Waals surface area contributed by atoms with Gasteiger partial charge in [0, 0.05) is 45.5 Å². The summed E-state index contributed by atoms with van der Waals surface area (Å²) in [5.41, 5.74) is 6.28. The first kappa shape index (κ1) is 25.9. The number of amides is 1. The van der Waals surface area contributed by atoms with Crippen LogP contribution in [-0.4, -0.2) is 60.6 Å². The Kier molecular flexibility index (Phi) is 7.94. The van der Waals surface area contributed by atoms with Gasteiger partial charge in [0.2, 0.25) is 5.91 Å². The number of hydrogen-bond acceptors (Lipinski definition) is 5. The molecule has 2 aromatic carbocycles. The largest absolute Gasteiger partial charge is 0.504 e. The average Bonchev–Trinajstić information content (AvgIpc) is 3.09. The van der Waals surface area contributed by atoms with Crippen LogP contribution in [-0.2, 0) is 30.7 Å². The molecule has 200 valence electrons. The number of phenols is 1. The average molecular weight is 506 g/mol. The lowest BCUT2D eigenvalue weighted by Crippen LogP contribution is -2.45. The molecule has 37 heavy (non-hydrogen) atoms. The van der Waals surface area contributed by atoms with E-state index in [0.29, 0.717) is 24.8 Å². The Hall–Kier alpha value is -2.73. The maximum absolute atomic E-state index is 13.9. The van der Waals surface area contributed by atoms with E-state index in [1.807, 2.05) is 4.90 Å². The van der Waals surface area contributed by atoms with Crippen molar-refractivity contribution in [3.63, 3.8) is 0 Å². The van der Waals surface area contributed by atoms with Crippen LogP contribution in [0.1, 0.15) is 61.8 Å². The highest BCUT2D eigenvalue weighted by Crippen LogP contribution is 2.36. The summed E-state index contributed by atoms with van der Waals surface area (Å²) in [5.74, 6) is 1.47. The van der Waals surface area contributed by atoms with Crippen molar-refractivity contribution in [2.45, 2.75) is 65.5 Å². The van der Waals surface area contributed by atoms with E-state index in [9.17, 15) is 9.90 Å². The molecule has 0 radical (unpaired) electrons. The third-order valence-electron chi connectivity index (χ3n) is 8.11. The van der Waals surface area contributed by atoms with Gasteiger partial charge in [0.05, 0.1) is 12.5 Å². The van der Waals surface area contributed by atoms with Crippen LogP contribution in [0, 0.1) is 11.8 Å². The number of benzene rings is 2. The van der Waals surface area contributed by atoms with Gasteiger partial charge < -0.3 is 19.6 Å². The van der Waals surface area contributed by atoms with Crippen molar-refractivity contribution in [2.24, 2.45) is 11.8 Å². The summed E-state index contributed by atoms with van der Waals surface area (Å²) in [6.07, 6.45) is 6.08. The number of carbonyl (C=O) groups is 1. The summed E-state index contributed by atoms with van der Waals surface area (Å²) in [7, 11) is 2.19. The number of likely N-dealkylation sites (N-methyl/N-ethyl adjacent to an activating group) is 1. The van der Waals surface area contributed by atoms with Gasteiger partial charge in [0.1, 0.15) is 0 Å². The number of ether oxygens (including phenoxy) is 1. The molecule has 0 aliphatic carbocycles. The van der Waals surface area contributed by atoms with E-state index >= 15 is 0 Å². The minimum absolute atomic E-state index is 0.0137. The Bertz CT molecular complexity index is 1120. The lowest BCUT2D eigenvalue weighted by molar-refractivity contribution is -0.138. The molecule has 0 bridgehead atoms. The molecule has 1 atom stereocenters. The van der Waals surface area contributed by atoms with Crippen molar-refractivity contribution in [3.05, 3.63) is 52.6 Å². The van der Waals surface area contributed by atoms with Gasteiger partial charge in [0.15, 0.2) is 11.5 Å². The molecule has 3 heterocycles. The number of phenolic OH excluding ortho intramolecular Hbond substituents is 1. The van der Waals surface area contributed by atoms with Crippen molar-refractivity contribution < 1.29 is 14.6 Å². The zero-order chi connectivity index (χ0) is 25.9. The molecule has 6 heteroatoms. The van der Waals surface area contributed by atoms with Crippen LogP contribution in [0.4, 0.5) is 5.69 Å². The van der Waals surface area contributed by atoms with Crippen LogP contribution in [0.2, 0.25) is 0 Å². The van der Waals surface area contributed by atoms with Gasteiger partial charge in [0.25, 0.3) is 0 Å². The highest BCUT2D eigenvalue weighted by atomic mass is 16.5. The van der Waals surface area contributed by atoms with Crippen molar-refractivity contribution in [1.82, 2.24) is 9.80 Å². The number of para-hydroxylation sites is 1. The smallest absolute Gasteiger partial charge is 0.227 e. The number of piperidine rings is 1. The highest BCUT2D eigenvalue weighted by molar-refractivity contribution is 5.79. The second kappa shape index (κ2) is 11.3. The maximum atomic E-state index is 13.9. The maximum Gasteiger partial charge on any atom is 0.227 e. The molecule has 0 saturated carbocycles. The summed E-state index contributed by atoms with van der Waals surface area (Å²) >= 11 is 0. The van der Waals surface area contributed by atoms with Crippen LogP contribution < -0.4 is 9.64 Å². The van der Waals surface area contributed by atoms with Gasteiger partial charge in [-0.05, 0) is 79.3 Å². The van der Waals surface area contributed by atoms with E-state index in [2.05, 4.69) is 55.0 Å². The normalized spacial score (nSPS) is 19.8. The van der Waals surface area contributed by atoms with E-state index in [1.54, 1.807) is 6.07 Å². The monoisotopic (exact) mass is 505 g/mol. The molecule has 1 saturated heterocycles. The molecule has 1 N–H and O–H groups in total.